The summed E-state index contributed by atoms with van der Waals surface area (Å²) in [5.74, 6) is 0.870. The fourth-order valence-electron chi connectivity index (χ4n) is 3.16. The van der Waals surface area contributed by atoms with Gasteiger partial charge in [-0.25, -0.2) is 4.68 Å². The molecule has 1 fully saturated rings. The monoisotopic (exact) mass is 327 g/mol. The van der Waals surface area contributed by atoms with Crippen molar-refractivity contribution in [1.29, 1.82) is 0 Å². The first-order chi connectivity index (χ1) is 11.6. The zero-order valence-electron chi connectivity index (χ0n) is 14.5. The first-order valence-electron chi connectivity index (χ1n) is 8.64. The first kappa shape index (κ1) is 16.7. The van der Waals surface area contributed by atoms with Crippen molar-refractivity contribution in [2.24, 2.45) is 7.05 Å². The zero-order valence-corrected chi connectivity index (χ0v) is 14.5. The molecule has 0 spiro atoms. The van der Waals surface area contributed by atoms with Crippen LogP contribution in [0.1, 0.15) is 25.0 Å². The molecule has 24 heavy (non-hydrogen) atoms. The quantitative estimate of drug-likeness (QED) is 0.765. The second-order valence-corrected chi connectivity index (χ2v) is 6.38. The Kier molecular flexibility index (Phi) is 5.30. The molecule has 0 bridgehead atoms. The van der Waals surface area contributed by atoms with Gasteiger partial charge in [-0.1, -0.05) is 12.1 Å². The third-order valence-electron chi connectivity index (χ3n) is 4.53. The third kappa shape index (κ3) is 4.03. The Morgan fingerprint density at radius 3 is 2.58 bits per heavy atom. The van der Waals surface area contributed by atoms with Gasteiger partial charge in [0.1, 0.15) is 5.75 Å². The lowest BCUT2D eigenvalue weighted by Crippen LogP contribution is -2.21. The number of aromatic nitrogens is 2. The van der Waals surface area contributed by atoms with E-state index in [2.05, 4.69) is 10.00 Å². The van der Waals surface area contributed by atoms with Crippen LogP contribution in [-0.4, -0.2) is 40.9 Å². The second kappa shape index (κ2) is 7.62. The van der Waals surface area contributed by atoms with Gasteiger partial charge < -0.3 is 9.64 Å². The van der Waals surface area contributed by atoms with Crippen molar-refractivity contribution in [2.75, 3.05) is 26.2 Å². The third-order valence-corrected chi connectivity index (χ3v) is 4.53. The minimum Gasteiger partial charge on any atom is -0.494 e. The molecule has 0 amide bonds. The Balaban J connectivity index is 1.57. The molecule has 2 aromatic rings. The molecule has 0 radical (unpaired) electrons. The van der Waals surface area contributed by atoms with E-state index < -0.39 is 0 Å². The molecule has 5 heteroatoms. The minimum atomic E-state index is -0.0992. The molecule has 1 aromatic carbocycles. The summed E-state index contributed by atoms with van der Waals surface area (Å²) < 4.78 is 7.18. The smallest absolute Gasteiger partial charge is 0.267 e. The van der Waals surface area contributed by atoms with Crippen LogP contribution in [0.3, 0.4) is 0 Å². The number of nitrogens with zero attached hydrogens (tertiary/aromatic N) is 3. The predicted octanol–water partition coefficient (Wildman–Crippen LogP) is 2.62. The Hall–Kier alpha value is -2.14. The van der Waals surface area contributed by atoms with Crippen molar-refractivity contribution in [1.82, 2.24) is 14.7 Å². The van der Waals surface area contributed by atoms with E-state index in [1.807, 2.05) is 31.2 Å². The summed E-state index contributed by atoms with van der Waals surface area (Å²) in [5, 5.41) is 4.24. The molecular formula is C19H25N3O2. The highest BCUT2D eigenvalue weighted by atomic mass is 16.5. The van der Waals surface area contributed by atoms with Gasteiger partial charge in [0.05, 0.1) is 12.3 Å². The number of likely N-dealkylation sites (tertiary alicyclic amines) is 1. The largest absolute Gasteiger partial charge is 0.494 e. The van der Waals surface area contributed by atoms with Crippen molar-refractivity contribution in [2.45, 2.75) is 26.2 Å². The molecule has 2 heterocycles. The summed E-state index contributed by atoms with van der Waals surface area (Å²) >= 11 is 0. The standard InChI is InChI=1S/C19H25N3O2/c1-15-18(14-19(23)21(2)20-15)16-6-8-17(9-7-16)24-13-5-12-22-10-3-4-11-22/h6-9,14H,3-5,10-13H2,1-2H3. The van der Waals surface area contributed by atoms with Crippen LogP contribution in [-0.2, 0) is 7.05 Å². The van der Waals surface area contributed by atoms with Crippen LogP contribution < -0.4 is 10.3 Å². The summed E-state index contributed by atoms with van der Waals surface area (Å²) in [7, 11) is 1.66. The lowest BCUT2D eigenvalue weighted by Gasteiger charge is -2.14. The normalized spacial score (nSPS) is 14.9. The lowest BCUT2D eigenvalue weighted by molar-refractivity contribution is 0.263. The number of ether oxygens (including phenoxy) is 1. The van der Waals surface area contributed by atoms with Gasteiger partial charge in [-0.2, -0.15) is 5.10 Å². The molecule has 1 aliphatic rings. The summed E-state index contributed by atoms with van der Waals surface area (Å²) in [6.45, 7) is 6.24. The van der Waals surface area contributed by atoms with Crippen molar-refractivity contribution in [3.05, 3.63) is 46.4 Å². The molecule has 0 N–H and O–H groups in total. The Bertz CT molecular complexity index is 731. The highest BCUT2D eigenvalue weighted by molar-refractivity contribution is 5.65. The van der Waals surface area contributed by atoms with Crippen LogP contribution in [0.15, 0.2) is 35.1 Å². The van der Waals surface area contributed by atoms with Crippen molar-refractivity contribution >= 4 is 0 Å². The van der Waals surface area contributed by atoms with E-state index in [4.69, 9.17) is 4.74 Å². The van der Waals surface area contributed by atoms with E-state index in [0.717, 1.165) is 42.1 Å². The number of rotatable bonds is 6. The van der Waals surface area contributed by atoms with Gasteiger partial charge in [0.2, 0.25) is 0 Å². The van der Waals surface area contributed by atoms with E-state index in [-0.39, 0.29) is 5.56 Å². The average molecular weight is 327 g/mol. The lowest BCUT2D eigenvalue weighted by atomic mass is 10.1. The van der Waals surface area contributed by atoms with Crippen LogP contribution in [0.4, 0.5) is 0 Å². The number of benzene rings is 1. The van der Waals surface area contributed by atoms with Crippen LogP contribution in [0.25, 0.3) is 11.1 Å². The number of hydrogen-bond acceptors (Lipinski definition) is 4. The van der Waals surface area contributed by atoms with Gasteiger partial charge in [-0.3, -0.25) is 4.79 Å². The Morgan fingerprint density at radius 1 is 1.17 bits per heavy atom. The van der Waals surface area contributed by atoms with Gasteiger partial charge in [0.25, 0.3) is 5.56 Å². The predicted molar refractivity (Wildman–Crippen MR) is 95.4 cm³/mol. The molecule has 128 valence electrons. The van der Waals surface area contributed by atoms with E-state index in [1.165, 1.54) is 30.6 Å². The van der Waals surface area contributed by atoms with Crippen LogP contribution in [0.2, 0.25) is 0 Å². The minimum absolute atomic E-state index is 0.0992. The van der Waals surface area contributed by atoms with E-state index >= 15 is 0 Å². The van der Waals surface area contributed by atoms with Crippen LogP contribution in [0.5, 0.6) is 5.75 Å². The molecule has 0 atom stereocenters. The van der Waals surface area contributed by atoms with Gasteiger partial charge in [0.15, 0.2) is 0 Å². The van der Waals surface area contributed by atoms with E-state index in [0.29, 0.717) is 0 Å². The second-order valence-electron chi connectivity index (χ2n) is 6.38. The fourth-order valence-corrected chi connectivity index (χ4v) is 3.16. The number of aryl methyl sites for hydroxylation is 2. The van der Waals surface area contributed by atoms with Crippen LogP contribution >= 0.6 is 0 Å². The zero-order chi connectivity index (χ0) is 16.9. The average Bonchev–Trinajstić information content (AvgIpc) is 3.09. The van der Waals surface area contributed by atoms with Crippen molar-refractivity contribution in [3.63, 3.8) is 0 Å². The SMILES string of the molecule is Cc1nn(C)c(=O)cc1-c1ccc(OCCCN2CCCC2)cc1. The van der Waals surface area contributed by atoms with Crippen molar-refractivity contribution < 1.29 is 4.74 Å². The molecule has 5 nitrogen and oxygen atoms in total. The van der Waals surface area contributed by atoms with E-state index in [9.17, 15) is 4.79 Å². The summed E-state index contributed by atoms with van der Waals surface area (Å²) in [6.07, 6.45) is 3.72. The van der Waals surface area contributed by atoms with E-state index in [1.54, 1.807) is 13.1 Å². The molecule has 0 saturated carbocycles. The van der Waals surface area contributed by atoms with Crippen LogP contribution in [0, 0.1) is 6.92 Å². The number of hydrogen-bond donors (Lipinski definition) is 0. The van der Waals surface area contributed by atoms with Gasteiger partial charge in [-0.05, 0) is 57.0 Å². The first-order valence-corrected chi connectivity index (χ1v) is 8.64. The molecular weight excluding hydrogens is 302 g/mol. The molecule has 1 aliphatic heterocycles. The fraction of sp³-hybridized carbons (Fsp3) is 0.474. The highest BCUT2D eigenvalue weighted by Crippen LogP contribution is 2.23. The maximum Gasteiger partial charge on any atom is 0.267 e. The summed E-state index contributed by atoms with van der Waals surface area (Å²) in [4.78, 5) is 14.3. The Morgan fingerprint density at radius 2 is 1.88 bits per heavy atom. The van der Waals surface area contributed by atoms with Crippen molar-refractivity contribution in [3.8, 4) is 16.9 Å². The molecule has 0 unspecified atom stereocenters. The van der Waals surface area contributed by atoms with Gasteiger partial charge in [0, 0.05) is 25.2 Å². The molecule has 1 aromatic heterocycles. The molecule has 3 rings (SSSR count). The van der Waals surface area contributed by atoms with Gasteiger partial charge in [-0.15, -0.1) is 0 Å². The van der Waals surface area contributed by atoms with Gasteiger partial charge >= 0.3 is 0 Å². The maximum absolute atomic E-state index is 11.8. The summed E-state index contributed by atoms with van der Waals surface area (Å²) in [5.41, 5.74) is 2.61. The maximum atomic E-state index is 11.8. The highest BCUT2D eigenvalue weighted by Gasteiger charge is 2.10. The molecule has 1 saturated heterocycles. The Labute approximate surface area is 142 Å². The topological polar surface area (TPSA) is 47.4 Å². The summed E-state index contributed by atoms with van der Waals surface area (Å²) in [6, 6.07) is 9.52. The molecule has 0 aliphatic carbocycles.